The van der Waals surface area contributed by atoms with Crippen molar-refractivity contribution in [3.63, 3.8) is 0 Å². The fourth-order valence-electron chi connectivity index (χ4n) is 3.60. The van der Waals surface area contributed by atoms with Crippen molar-refractivity contribution in [1.29, 1.82) is 0 Å². The molecule has 1 aliphatic carbocycles. The smallest absolute Gasteiger partial charge is 0.293 e. The summed E-state index contributed by atoms with van der Waals surface area (Å²) in [6.45, 7) is 1.52. The summed E-state index contributed by atoms with van der Waals surface area (Å²) in [6.07, 6.45) is 6.69. The first-order valence-electron chi connectivity index (χ1n) is 8.51. The third-order valence-corrected chi connectivity index (χ3v) is 4.80. The molecule has 1 saturated heterocycles. The Hall–Kier alpha value is -2.32. The lowest BCUT2D eigenvalue weighted by atomic mass is 10.1. The van der Waals surface area contributed by atoms with Gasteiger partial charge in [-0.25, -0.2) is 4.98 Å². The fourth-order valence-corrected chi connectivity index (χ4v) is 3.60. The van der Waals surface area contributed by atoms with Gasteiger partial charge >= 0.3 is 0 Å². The Morgan fingerprint density at radius 2 is 2.20 bits per heavy atom. The van der Waals surface area contributed by atoms with Gasteiger partial charge in [-0.3, -0.25) is 14.5 Å². The number of carbonyl (C=O) groups is 1. The summed E-state index contributed by atoms with van der Waals surface area (Å²) in [7, 11) is 1.75. The predicted octanol–water partition coefficient (Wildman–Crippen LogP) is 0.799. The molecule has 0 aromatic carbocycles. The summed E-state index contributed by atoms with van der Waals surface area (Å²) in [5, 5.41) is 4.14. The fraction of sp³-hybridized carbons (Fsp3) is 0.529. The van der Waals surface area contributed by atoms with Crippen LogP contribution in [0.15, 0.2) is 30.9 Å². The maximum atomic E-state index is 12.8. The molecular formula is C17H21N5O3. The average Bonchev–Trinajstić information content (AvgIpc) is 3.17. The maximum absolute atomic E-state index is 12.8. The van der Waals surface area contributed by atoms with Crippen LogP contribution >= 0.6 is 0 Å². The van der Waals surface area contributed by atoms with Gasteiger partial charge < -0.3 is 14.4 Å². The first-order valence-corrected chi connectivity index (χ1v) is 8.51. The standard InChI is InChI=1S/C17H21N5O3/c1-21-11-19-16(20-21)17(23)22-8-9-24-14-3-2-13(22)15(14)25-10-12-4-6-18-7-5-12/h4-7,11,13-15H,2-3,8-10H2,1H3/t13-,14-,15-/m0/s1. The Morgan fingerprint density at radius 3 is 2.96 bits per heavy atom. The summed E-state index contributed by atoms with van der Waals surface area (Å²) < 4.78 is 13.6. The highest BCUT2D eigenvalue weighted by molar-refractivity contribution is 5.90. The van der Waals surface area contributed by atoms with Crippen molar-refractivity contribution in [2.75, 3.05) is 13.2 Å². The molecule has 2 bridgehead atoms. The number of hydrogen-bond acceptors (Lipinski definition) is 6. The SMILES string of the molecule is Cn1cnc(C(=O)N2CCO[C@H]3CC[C@H]2[C@@H]3OCc2ccncc2)n1. The van der Waals surface area contributed by atoms with Gasteiger partial charge in [0.1, 0.15) is 12.4 Å². The van der Waals surface area contributed by atoms with Crippen molar-refractivity contribution in [3.05, 3.63) is 42.2 Å². The van der Waals surface area contributed by atoms with E-state index >= 15 is 0 Å². The molecule has 2 fully saturated rings. The van der Waals surface area contributed by atoms with Crippen molar-refractivity contribution in [2.24, 2.45) is 7.05 Å². The zero-order chi connectivity index (χ0) is 17.2. The monoisotopic (exact) mass is 343 g/mol. The first-order chi connectivity index (χ1) is 12.2. The molecule has 4 rings (SSSR count). The summed E-state index contributed by atoms with van der Waals surface area (Å²) in [6, 6.07) is 3.85. The normalized spacial score (nSPS) is 25.8. The van der Waals surface area contributed by atoms with E-state index < -0.39 is 0 Å². The second-order valence-corrected chi connectivity index (χ2v) is 6.43. The molecule has 2 aromatic heterocycles. The molecule has 1 saturated carbocycles. The van der Waals surface area contributed by atoms with Crippen molar-refractivity contribution < 1.29 is 14.3 Å². The van der Waals surface area contributed by atoms with Gasteiger partial charge in [-0.1, -0.05) is 0 Å². The van der Waals surface area contributed by atoms with E-state index in [1.165, 1.54) is 11.0 Å². The van der Waals surface area contributed by atoms with Crippen LogP contribution in [0.3, 0.4) is 0 Å². The quantitative estimate of drug-likeness (QED) is 0.817. The van der Waals surface area contributed by atoms with Crippen molar-refractivity contribution in [3.8, 4) is 0 Å². The Morgan fingerprint density at radius 1 is 1.36 bits per heavy atom. The number of pyridine rings is 1. The predicted molar refractivity (Wildman–Crippen MR) is 87.6 cm³/mol. The Labute approximate surface area is 145 Å². The lowest BCUT2D eigenvalue weighted by Crippen LogP contribution is -2.46. The first kappa shape index (κ1) is 16.2. The maximum Gasteiger partial charge on any atom is 0.293 e. The number of fused-ring (bicyclic) bond motifs is 2. The van der Waals surface area contributed by atoms with E-state index in [1.807, 2.05) is 17.0 Å². The third kappa shape index (κ3) is 3.27. The molecule has 8 heteroatoms. The molecular weight excluding hydrogens is 322 g/mol. The van der Waals surface area contributed by atoms with E-state index in [-0.39, 0.29) is 30.0 Å². The van der Waals surface area contributed by atoms with Crippen LogP contribution in [0.4, 0.5) is 0 Å². The number of amides is 1. The Kier molecular flexibility index (Phi) is 4.46. The van der Waals surface area contributed by atoms with Gasteiger partial charge in [-0.05, 0) is 30.5 Å². The molecule has 132 valence electrons. The van der Waals surface area contributed by atoms with E-state index in [9.17, 15) is 4.79 Å². The molecule has 0 unspecified atom stereocenters. The lowest BCUT2D eigenvalue weighted by Gasteiger charge is -2.30. The third-order valence-electron chi connectivity index (χ3n) is 4.80. The molecule has 2 aliphatic rings. The highest BCUT2D eigenvalue weighted by atomic mass is 16.5. The van der Waals surface area contributed by atoms with Crippen LogP contribution in [-0.2, 0) is 23.1 Å². The minimum atomic E-state index is -0.158. The Balaban J connectivity index is 1.50. The van der Waals surface area contributed by atoms with Gasteiger partial charge in [0.2, 0.25) is 5.82 Å². The van der Waals surface area contributed by atoms with E-state index in [0.717, 1.165) is 18.4 Å². The summed E-state index contributed by atoms with van der Waals surface area (Å²) in [4.78, 5) is 22.8. The van der Waals surface area contributed by atoms with Crippen LogP contribution < -0.4 is 0 Å². The van der Waals surface area contributed by atoms with Gasteiger partial charge in [-0.15, -0.1) is 5.10 Å². The Bertz CT molecular complexity index is 735. The second kappa shape index (κ2) is 6.89. The summed E-state index contributed by atoms with van der Waals surface area (Å²) in [5.41, 5.74) is 1.06. The van der Waals surface area contributed by atoms with Crippen molar-refractivity contribution in [2.45, 2.75) is 37.7 Å². The van der Waals surface area contributed by atoms with Gasteiger partial charge in [0.25, 0.3) is 5.91 Å². The van der Waals surface area contributed by atoms with Gasteiger partial charge in [0.15, 0.2) is 0 Å². The zero-order valence-electron chi connectivity index (χ0n) is 14.1. The molecule has 1 amide bonds. The summed E-state index contributed by atoms with van der Waals surface area (Å²) in [5.74, 6) is 0.0648. The molecule has 8 nitrogen and oxygen atoms in total. The average molecular weight is 343 g/mol. The van der Waals surface area contributed by atoms with Crippen LogP contribution in [0.1, 0.15) is 29.0 Å². The molecule has 25 heavy (non-hydrogen) atoms. The van der Waals surface area contributed by atoms with Gasteiger partial charge in [-0.2, -0.15) is 0 Å². The van der Waals surface area contributed by atoms with Crippen molar-refractivity contribution in [1.82, 2.24) is 24.6 Å². The van der Waals surface area contributed by atoms with Crippen LogP contribution in [0, 0.1) is 0 Å². The number of rotatable bonds is 4. The van der Waals surface area contributed by atoms with E-state index in [0.29, 0.717) is 19.8 Å². The minimum absolute atomic E-state index is 0.00866. The number of aryl methyl sites for hydroxylation is 1. The van der Waals surface area contributed by atoms with Gasteiger partial charge in [0.05, 0.1) is 25.4 Å². The number of aromatic nitrogens is 4. The van der Waals surface area contributed by atoms with Crippen LogP contribution in [0.2, 0.25) is 0 Å². The van der Waals surface area contributed by atoms with Crippen LogP contribution in [-0.4, -0.2) is 62.0 Å². The highest BCUT2D eigenvalue weighted by Gasteiger charge is 2.45. The van der Waals surface area contributed by atoms with Gasteiger partial charge in [0, 0.05) is 26.0 Å². The van der Waals surface area contributed by atoms with Crippen molar-refractivity contribution >= 4 is 5.91 Å². The molecule has 2 aromatic rings. The minimum Gasteiger partial charge on any atom is -0.374 e. The van der Waals surface area contributed by atoms with Crippen LogP contribution in [0.5, 0.6) is 0 Å². The van der Waals surface area contributed by atoms with E-state index in [1.54, 1.807) is 19.4 Å². The van der Waals surface area contributed by atoms with E-state index in [2.05, 4.69) is 15.1 Å². The second-order valence-electron chi connectivity index (χ2n) is 6.43. The lowest BCUT2D eigenvalue weighted by molar-refractivity contribution is -0.0598. The number of carbonyl (C=O) groups excluding carboxylic acids is 1. The molecule has 3 heterocycles. The summed E-state index contributed by atoms with van der Waals surface area (Å²) >= 11 is 0. The number of nitrogens with zero attached hydrogens (tertiary/aromatic N) is 5. The number of ether oxygens (including phenoxy) is 2. The largest absolute Gasteiger partial charge is 0.374 e. The molecule has 0 spiro atoms. The number of hydrogen-bond donors (Lipinski definition) is 0. The zero-order valence-corrected chi connectivity index (χ0v) is 14.1. The van der Waals surface area contributed by atoms with Crippen LogP contribution in [0.25, 0.3) is 0 Å². The molecule has 3 atom stereocenters. The highest BCUT2D eigenvalue weighted by Crippen LogP contribution is 2.33. The molecule has 1 aliphatic heterocycles. The van der Waals surface area contributed by atoms with E-state index in [4.69, 9.17) is 9.47 Å². The molecule has 0 N–H and O–H groups in total. The topological polar surface area (TPSA) is 82.4 Å². The molecule has 0 radical (unpaired) electrons.